The molecular weight excluding hydrogens is 356 g/mol. The number of carbonyl (C=O) groups is 1. The monoisotopic (exact) mass is 370 g/mol. The lowest BCUT2D eigenvalue weighted by Crippen LogP contribution is -2.37. The van der Waals surface area contributed by atoms with Crippen molar-refractivity contribution in [1.82, 2.24) is 9.88 Å². The van der Waals surface area contributed by atoms with Crippen LogP contribution in [0.1, 0.15) is 6.42 Å². The molecule has 5 nitrogen and oxygen atoms in total. The number of nitrogens with zero attached hydrogens (tertiary/aromatic N) is 1. The van der Waals surface area contributed by atoms with Crippen LogP contribution in [-0.4, -0.2) is 36.4 Å². The van der Waals surface area contributed by atoms with Gasteiger partial charge in [-0.05, 0) is 30.7 Å². The number of nitrogens with one attached hydrogen (secondary N) is 1. The Morgan fingerprint density at radius 3 is 2.90 bits per heavy atom. The molecule has 2 heterocycles. The van der Waals surface area contributed by atoms with Gasteiger partial charge in [-0.1, -0.05) is 15.9 Å². The standard InChI is InChI=1S/C14H15BrN2O3S/c15-11-1-2-13-10(7-11)3-5-17(13)8-14(18)16-12-4-6-21(19,20)9-12/h1-3,5,7,12H,4,6,8-9H2,(H,16,18)/t12-/m1/s1. The van der Waals surface area contributed by atoms with E-state index in [4.69, 9.17) is 0 Å². The average Bonchev–Trinajstić information content (AvgIpc) is 2.93. The Balaban J connectivity index is 1.69. The van der Waals surface area contributed by atoms with Gasteiger partial charge >= 0.3 is 0 Å². The van der Waals surface area contributed by atoms with Gasteiger partial charge < -0.3 is 9.88 Å². The molecule has 2 aromatic rings. The molecule has 0 bridgehead atoms. The van der Waals surface area contributed by atoms with Crippen molar-refractivity contribution >= 4 is 42.6 Å². The van der Waals surface area contributed by atoms with Gasteiger partial charge in [0.25, 0.3) is 0 Å². The lowest BCUT2D eigenvalue weighted by Gasteiger charge is -2.12. The van der Waals surface area contributed by atoms with Crippen LogP contribution in [0.4, 0.5) is 0 Å². The summed E-state index contributed by atoms with van der Waals surface area (Å²) in [6.07, 6.45) is 2.37. The second kappa shape index (κ2) is 5.46. The van der Waals surface area contributed by atoms with E-state index in [1.165, 1.54) is 0 Å². The number of sulfone groups is 1. The molecular formula is C14H15BrN2O3S. The minimum absolute atomic E-state index is 0.0537. The van der Waals surface area contributed by atoms with E-state index in [0.29, 0.717) is 6.42 Å². The van der Waals surface area contributed by atoms with Crippen molar-refractivity contribution in [2.45, 2.75) is 19.0 Å². The molecule has 1 atom stereocenters. The fourth-order valence-electron chi connectivity index (χ4n) is 2.65. The van der Waals surface area contributed by atoms with Crippen LogP contribution in [0.2, 0.25) is 0 Å². The highest BCUT2D eigenvalue weighted by Crippen LogP contribution is 2.21. The van der Waals surface area contributed by atoms with Gasteiger partial charge in [-0.2, -0.15) is 0 Å². The van der Waals surface area contributed by atoms with Gasteiger partial charge in [0.2, 0.25) is 5.91 Å². The molecule has 1 aromatic carbocycles. The molecule has 0 spiro atoms. The third-order valence-corrected chi connectivity index (χ3v) is 5.91. The van der Waals surface area contributed by atoms with Crippen molar-refractivity contribution in [3.63, 3.8) is 0 Å². The molecule has 1 fully saturated rings. The summed E-state index contributed by atoms with van der Waals surface area (Å²) in [7, 11) is -2.97. The van der Waals surface area contributed by atoms with Crippen LogP contribution in [0, 0.1) is 0 Å². The Bertz CT molecular complexity index is 798. The van der Waals surface area contributed by atoms with E-state index >= 15 is 0 Å². The third-order valence-electron chi connectivity index (χ3n) is 3.64. The quantitative estimate of drug-likeness (QED) is 0.893. The van der Waals surface area contributed by atoms with E-state index < -0.39 is 9.84 Å². The van der Waals surface area contributed by atoms with Crippen LogP contribution in [0.3, 0.4) is 0 Å². The summed E-state index contributed by atoms with van der Waals surface area (Å²) in [5, 5.41) is 3.86. The minimum atomic E-state index is -2.97. The van der Waals surface area contributed by atoms with Crippen molar-refractivity contribution in [1.29, 1.82) is 0 Å². The molecule has 1 saturated heterocycles. The van der Waals surface area contributed by atoms with E-state index in [2.05, 4.69) is 21.2 Å². The first-order valence-electron chi connectivity index (χ1n) is 6.67. The zero-order valence-corrected chi connectivity index (χ0v) is 13.7. The summed E-state index contributed by atoms with van der Waals surface area (Å²) in [4.78, 5) is 12.1. The van der Waals surface area contributed by atoms with E-state index in [9.17, 15) is 13.2 Å². The van der Waals surface area contributed by atoms with E-state index in [1.807, 2.05) is 35.0 Å². The number of benzene rings is 1. The van der Waals surface area contributed by atoms with Gasteiger partial charge in [-0.25, -0.2) is 8.42 Å². The van der Waals surface area contributed by atoms with Crippen LogP contribution in [0.15, 0.2) is 34.9 Å². The fraction of sp³-hybridized carbons (Fsp3) is 0.357. The zero-order chi connectivity index (χ0) is 15.0. The predicted molar refractivity (Wildman–Crippen MR) is 84.8 cm³/mol. The number of halogens is 1. The lowest BCUT2D eigenvalue weighted by molar-refractivity contribution is -0.122. The van der Waals surface area contributed by atoms with Gasteiger partial charge in [-0.15, -0.1) is 0 Å². The topological polar surface area (TPSA) is 68.2 Å². The van der Waals surface area contributed by atoms with Gasteiger partial charge in [0.1, 0.15) is 6.54 Å². The van der Waals surface area contributed by atoms with Gasteiger partial charge in [-0.3, -0.25) is 4.79 Å². The molecule has 112 valence electrons. The van der Waals surface area contributed by atoms with Crippen molar-refractivity contribution in [3.8, 4) is 0 Å². The summed E-state index contributed by atoms with van der Waals surface area (Å²) in [6.45, 7) is 0.196. The summed E-state index contributed by atoms with van der Waals surface area (Å²) in [5.41, 5.74) is 0.979. The molecule has 7 heteroatoms. The lowest BCUT2D eigenvalue weighted by atomic mass is 10.2. The third kappa shape index (κ3) is 3.29. The molecule has 0 radical (unpaired) electrons. The van der Waals surface area contributed by atoms with Crippen LogP contribution in [-0.2, 0) is 21.2 Å². The molecule has 1 amide bonds. The Hall–Kier alpha value is -1.34. The highest BCUT2D eigenvalue weighted by Gasteiger charge is 2.28. The predicted octanol–water partition coefficient (Wildman–Crippen LogP) is 1.71. The molecule has 3 rings (SSSR count). The first kappa shape index (κ1) is 14.6. The highest BCUT2D eigenvalue weighted by molar-refractivity contribution is 9.10. The molecule has 21 heavy (non-hydrogen) atoms. The smallest absolute Gasteiger partial charge is 0.240 e. The van der Waals surface area contributed by atoms with E-state index in [0.717, 1.165) is 15.4 Å². The van der Waals surface area contributed by atoms with E-state index in [1.54, 1.807) is 0 Å². The van der Waals surface area contributed by atoms with Gasteiger partial charge in [0, 0.05) is 27.6 Å². The first-order valence-corrected chi connectivity index (χ1v) is 9.28. The summed E-state index contributed by atoms with van der Waals surface area (Å²) >= 11 is 3.42. The van der Waals surface area contributed by atoms with Crippen LogP contribution < -0.4 is 5.32 Å². The molecule has 0 saturated carbocycles. The Kier molecular flexibility index (Phi) is 3.79. The molecule has 1 aliphatic heterocycles. The summed E-state index contributed by atoms with van der Waals surface area (Å²) in [6, 6.07) is 7.58. The molecule has 1 aromatic heterocycles. The maximum atomic E-state index is 12.1. The van der Waals surface area contributed by atoms with Crippen molar-refractivity contribution in [2.75, 3.05) is 11.5 Å². The SMILES string of the molecule is O=C(Cn1ccc2cc(Br)ccc21)N[C@@H]1CCS(=O)(=O)C1. The second-order valence-corrected chi connectivity index (χ2v) is 8.46. The number of fused-ring (bicyclic) bond motifs is 1. The highest BCUT2D eigenvalue weighted by atomic mass is 79.9. The number of amides is 1. The molecule has 1 aliphatic rings. The van der Waals surface area contributed by atoms with Crippen molar-refractivity contribution in [3.05, 3.63) is 34.9 Å². The van der Waals surface area contributed by atoms with E-state index in [-0.39, 0.29) is 30.0 Å². The number of rotatable bonds is 3. The molecule has 0 unspecified atom stereocenters. The van der Waals surface area contributed by atoms with Crippen LogP contribution >= 0.6 is 15.9 Å². The van der Waals surface area contributed by atoms with Crippen molar-refractivity contribution in [2.24, 2.45) is 0 Å². The summed E-state index contributed by atoms with van der Waals surface area (Å²) < 4.78 is 25.6. The van der Waals surface area contributed by atoms with Gasteiger partial charge in [0.15, 0.2) is 9.84 Å². The summed E-state index contributed by atoms with van der Waals surface area (Å²) in [5.74, 6) is 0.0637. The van der Waals surface area contributed by atoms with Crippen LogP contribution in [0.25, 0.3) is 10.9 Å². The molecule has 1 N–H and O–H groups in total. The van der Waals surface area contributed by atoms with Crippen LogP contribution in [0.5, 0.6) is 0 Å². The molecule has 0 aliphatic carbocycles. The number of aromatic nitrogens is 1. The zero-order valence-electron chi connectivity index (χ0n) is 11.3. The fourth-order valence-corrected chi connectivity index (χ4v) is 4.70. The largest absolute Gasteiger partial charge is 0.351 e. The number of hydrogen-bond donors (Lipinski definition) is 1. The maximum Gasteiger partial charge on any atom is 0.240 e. The maximum absolute atomic E-state index is 12.1. The average molecular weight is 371 g/mol. The number of carbonyl (C=O) groups excluding carboxylic acids is 1. The Morgan fingerprint density at radius 1 is 1.38 bits per heavy atom. The first-order chi connectivity index (χ1) is 9.93. The Morgan fingerprint density at radius 2 is 2.19 bits per heavy atom. The minimum Gasteiger partial charge on any atom is -0.351 e. The Labute approximate surface area is 131 Å². The normalized spacial score (nSPS) is 20.7. The number of hydrogen-bond acceptors (Lipinski definition) is 3. The van der Waals surface area contributed by atoms with Gasteiger partial charge in [0.05, 0.1) is 11.5 Å². The van der Waals surface area contributed by atoms with Crippen molar-refractivity contribution < 1.29 is 13.2 Å². The second-order valence-electron chi connectivity index (χ2n) is 5.31.